The lowest BCUT2D eigenvalue weighted by Crippen LogP contribution is -2.47. The quantitative estimate of drug-likeness (QED) is 0.360. The number of anilines is 1. The van der Waals surface area contributed by atoms with Crippen molar-refractivity contribution in [2.24, 2.45) is 4.99 Å². The number of methoxy groups -OCH3 is 1. The molecule has 35 heavy (non-hydrogen) atoms. The molecular weight excluding hydrogens is 490 g/mol. The maximum absolute atomic E-state index is 14.2. The first-order valence-electron chi connectivity index (χ1n) is 9.94. The molecule has 5 N–H and O–H groups in total. The average molecular weight is 510 g/mol. The first-order valence-corrected chi connectivity index (χ1v) is 10.9. The minimum atomic E-state index is -1.48. The molecule has 2 aromatic carbocycles. The van der Waals surface area contributed by atoms with Gasteiger partial charge in [-0.05, 0) is 24.3 Å². The third-order valence-corrected chi connectivity index (χ3v) is 5.49. The van der Waals surface area contributed by atoms with Gasteiger partial charge in [0.15, 0.2) is 22.5 Å². The van der Waals surface area contributed by atoms with Crippen LogP contribution < -0.4 is 25.4 Å². The SMILES string of the molecule is COc1cccc(F)c1Oc1ccc(F)cc1NC(=O)NC1=NC(C(=O)N[C@H](CO)C(=O)O)CS1. The van der Waals surface area contributed by atoms with Crippen molar-refractivity contribution < 1.29 is 42.9 Å². The summed E-state index contributed by atoms with van der Waals surface area (Å²) in [6, 6.07) is 3.90. The van der Waals surface area contributed by atoms with Gasteiger partial charge < -0.3 is 30.3 Å². The Morgan fingerprint density at radius 2 is 1.97 bits per heavy atom. The molecule has 1 heterocycles. The molecule has 1 unspecified atom stereocenters. The summed E-state index contributed by atoms with van der Waals surface area (Å²) in [6.45, 7) is -0.797. The largest absolute Gasteiger partial charge is 0.493 e. The molecule has 0 aromatic heterocycles. The number of aliphatic hydroxyl groups is 1. The van der Waals surface area contributed by atoms with Gasteiger partial charge in [0.25, 0.3) is 0 Å². The lowest BCUT2D eigenvalue weighted by Gasteiger charge is -2.15. The Hall–Kier alpha value is -3.91. The molecule has 0 fully saturated rings. The normalized spacial score (nSPS) is 15.5. The number of para-hydroxylation sites is 1. The molecule has 2 aromatic rings. The number of carbonyl (C=O) groups excluding carboxylic acids is 2. The Labute approximate surface area is 201 Å². The highest BCUT2D eigenvalue weighted by molar-refractivity contribution is 8.14. The Bertz CT molecular complexity index is 1160. The number of hydrogen-bond acceptors (Lipinski definition) is 8. The van der Waals surface area contributed by atoms with Gasteiger partial charge in [0, 0.05) is 11.8 Å². The maximum atomic E-state index is 14.2. The second kappa shape index (κ2) is 11.5. The standard InChI is InChI=1S/C21H20F2N4O7S/c1-33-16-4-2-3-11(23)17(16)34-15-6-5-10(22)7-12(15)25-20(32)27-21-26-14(9-35-21)18(29)24-13(8-28)19(30)31/h2-7,13-14,28H,8-9H2,1H3,(H,24,29)(H,30,31)(H2,25,26,27,32)/t13-,14?/m1/s1. The van der Waals surface area contributed by atoms with Crippen molar-refractivity contribution in [2.75, 3.05) is 24.8 Å². The Balaban J connectivity index is 1.69. The van der Waals surface area contributed by atoms with Crippen LogP contribution in [-0.2, 0) is 9.59 Å². The number of amidine groups is 1. The van der Waals surface area contributed by atoms with Gasteiger partial charge in [-0.3, -0.25) is 10.1 Å². The highest BCUT2D eigenvalue weighted by Gasteiger charge is 2.29. The van der Waals surface area contributed by atoms with E-state index in [4.69, 9.17) is 19.7 Å². The Morgan fingerprint density at radius 3 is 2.66 bits per heavy atom. The van der Waals surface area contributed by atoms with Crippen LogP contribution in [-0.4, -0.2) is 64.8 Å². The van der Waals surface area contributed by atoms with Gasteiger partial charge in [0.05, 0.1) is 19.4 Å². The Kier molecular flexibility index (Phi) is 8.43. The molecule has 3 amide bonds. The van der Waals surface area contributed by atoms with E-state index in [1.807, 2.05) is 0 Å². The van der Waals surface area contributed by atoms with E-state index < -0.39 is 48.2 Å². The van der Waals surface area contributed by atoms with E-state index in [9.17, 15) is 23.2 Å². The van der Waals surface area contributed by atoms with Crippen LogP contribution >= 0.6 is 11.8 Å². The first-order chi connectivity index (χ1) is 16.7. The highest BCUT2D eigenvalue weighted by Crippen LogP contribution is 2.37. The summed E-state index contributed by atoms with van der Waals surface area (Å²) in [6.07, 6.45) is 0. The third kappa shape index (κ3) is 6.58. The number of aliphatic imine (C=N–C) groups is 1. The monoisotopic (exact) mass is 510 g/mol. The van der Waals surface area contributed by atoms with Gasteiger partial charge in [-0.2, -0.15) is 0 Å². The third-order valence-electron chi connectivity index (χ3n) is 4.52. The lowest BCUT2D eigenvalue weighted by molar-refractivity contribution is -0.143. The minimum Gasteiger partial charge on any atom is -0.493 e. The molecule has 0 saturated heterocycles. The van der Waals surface area contributed by atoms with Crippen LogP contribution in [0.3, 0.4) is 0 Å². The van der Waals surface area contributed by atoms with Crippen LogP contribution in [0.4, 0.5) is 19.3 Å². The number of carbonyl (C=O) groups is 3. The number of benzene rings is 2. The van der Waals surface area contributed by atoms with Gasteiger partial charge in [0.2, 0.25) is 11.7 Å². The molecule has 1 aliphatic heterocycles. The lowest BCUT2D eigenvalue weighted by atomic mass is 10.2. The van der Waals surface area contributed by atoms with E-state index in [2.05, 4.69) is 20.9 Å². The van der Waals surface area contributed by atoms with Crippen LogP contribution in [0, 0.1) is 11.6 Å². The first kappa shape index (κ1) is 25.7. The van der Waals surface area contributed by atoms with Crippen molar-refractivity contribution in [3.8, 4) is 17.2 Å². The molecule has 186 valence electrons. The second-order valence-corrected chi connectivity index (χ2v) is 7.94. The number of nitrogens with zero attached hydrogens (tertiary/aromatic N) is 1. The van der Waals surface area contributed by atoms with Gasteiger partial charge in [-0.25, -0.2) is 23.4 Å². The van der Waals surface area contributed by atoms with Crippen molar-refractivity contribution in [1.29, 1.82) is 0 Å². The molecule has 14 heteroatoms. The summed E-state index contributed by atoms with van der Waals surface area (Å²) in [7, 11) is 1.32. The summed E-state index contributed by atoms with van der Waals surface area (Å²) in [4.78, 5) is 39.6. The number of rotatable bonds is 8. The van der Waals surface area contributed by atoms with E-state index in [1.165, 1.54) is 25.3 Å². The number of halogens is 2. The zero-order valence-electron chi connectivity index (χ0n) is 18.1. The van der Waals surface area contributed by atoms with Gasteiger partial charge in [-0.1, -0.05) is 17.8 Å². The molecule has 3 rings (SSSR count). The second-order valence-electron chi connectivity index (χ2n) is 6.94. The summed E-state index contributed by atoms with van der Waals surface area (Å²) < 4.78 is 38.7. The van der Waals surface area contributed by atoms with Crippen molar-refractivity contribution in [1.82, 2.24) is 10.6 Å². The molecule has 2 atom stereocenters. The van der Waals surface area contributed by atoms with E-state index in [1.54, 1.807) is 0 Å². The van der Waals surface area contributed by atoms with E-state index in [0.717, 1.165) is 30.0 Å². The fourth-order valence-corrected chi connectivity index (χ4v) is 3.74. The number of thioether (sulfide) groups is 1. The summed E-state index contributed by atoms with van der Waals surface area (Å²) >= 11 is 1.01. The number of hydrogen-bond donors (Lipinski definition) is 5. The van der Waals surface area contributed by atoms with Crippen LogP contribution in [0.2, 0.25) is 0 Å². The average Bonchev–Trinajstić information content (AvgIpc) is 3.28. The van der Waals surface area contributed by atoms with Crippen LogP contribution in [0.15, 0.2) is 41.4 Å². The molecule has 0 bridgehead atoms. The smallest absolute Gasteiger partial charge is 0.328 e. The number of amides is 3. The topological polar surface area (TPSA) is 159 Å². The fourth-order valence-electron chi connectivity index (χ4n) is 2.83. The summed E-state index contributed by atoms with van der Waals surface area (Å²) in [5.74, 6) is -3.74. The summed E-state index contributed by atoms with van der Waals surface area (Å²) in [5, 5.41) is 24.9. The molecule has 0 spiro atoms. The van der Waals surface area contributed by atoms with Crippen molar-refractivity contribution in [3.05, 3.63) is 48.0 Å². The van der Waals surface area contributed by atoms with E-state index in [0.29, 0.717) is 0 Å². The van der Waals surface area contributed by atoms with Crippen molar-refractivity contribution in [2.45, 2.75) is 12.1 Å². The number of nitrogens with one attached hydrogen (secondary N) is 3. The minimum absolute atomic E-state index is 0.0492. The molecule has 0 radical (unpaired) electrons. The van der Waals surface area contributed by atoms with E-state index >= 15 is 0 Å². The zero-order valence-corrected chi connectivity index (χ0v) is 18.9. The number of ether oxygens (including phenoxy) is 2. The van der Waals surface area contributed by atoms with E-state index in [-0.39, 0.29) is 33.9 Å². The highest BCUT2D eigenvalue weighted by atomic mass is 32.2. The van der Waals surface area contributed by atoms with Crippen LogP contribution in [0.1, 0.15) is 0 Å². The number of carboxylic acid groups (broad SMARTS) is 1. The summed E-state index contributed by atoms with van der Waals surface area (Å²) in [5.41, 5.74) is -0.127. The molecule has 0 aliphatic carbocycles. The van der Waals surface area contributed by atoms with Gasteiger partial charge in [0.1, 0.15) is 17.9 Å². The predicted octanol–water partition coefficient (Wildman–Crippen LogP) is 1.92. The zero-order chi connectivity index (χ0) is 25.5. The number of aliphatic hydroxyl groups excluding tert-OH is 1. The van der Waals surface area contributed by atoms with Gasteiger partial charge in [-0.15, -0.1) is 0 Å². The van der Waals surface area contributed by atoms with Crippen molar-refractivity contribution >= 4 is 40.5 Å². The fraction of sp³-hybridized carbons (Fsp3) is 0.238. The number of aliphatic carboxylic acids is 1. The molecular formula is C21H20F2N4O7S. The maximum Gasteiger partial charge on any atom is 0.328 e. The predicted molar refractivity (Wildman–Crippen MR) is 122 cm³/mol. The molecule has 0 saturated carbocycles. The Morgan fingerprint density at radius 1 is 1.20 bits per heavy atom. The van der Waals surface area contributed by atoms with Crippen LogP contribution in [0.5, 0.6) is 17.2 Å². The number of urea groups is 1. The molecule has 11 nitrogen and oxygen atoms in total. The van der Waals surface area contributed by atoms with Gasteiger partial charge >= 0.3 is 12.0 Å². The van der Waals surface area contributed by atoms with Crippen molar-refractivity contribution in [3.63, 3.8) is 0 Å². The van der Waals surface area contributed by atoms with Crippen LogP contribution in [0.25, 0.3) is 0 Å². The molecule has 1 aliphatic rings. The number of carboxylic acids is 1.